The Labute approximate surface area is 178 Å². The zero-order valence-electron chi connectivity index (χ0n) is 16.4. The van der Waals surface area contributed by atoms with Gasteiger partial charge in [-0.15, -0.1) is 0 Å². The Kier molecular flexibility index (Phi) is 5.59. The molecule has 162 valence electrons. The number of esters is 1. The lowest BCUT2D eigenvalue weighted by molar-refractivity contribution is 0.0228. The first-order valence-electron chi connectivity index (χ1n) is 9.73. The number of carbonyl (C=O) groups is 3. The second-order valence-corrected chi connectivity index (χ2v) is 9.16. The van der Waals surface area contributed by atoms with Gasteiger partial charge in [-0.1, -0.05) is 18.6 Å². The average molecular weight is 446 g/mol. The van der Waals surface area contributed by atoms with Crippen molar-refractivity contribution < 1.29 is 31.9 Å². The largest absolute Gasteiger partial charge is 0.440 e. The number of halogens is 1. The third kappa shape index (κ3) is 3.84. The number of imide groups is 1. The molecule has 0 N–H and O–H groups in total. The first-order valence-corrected chi connectivity index (χ1v) is 11.2. The molecule has 2 amide bonds. The molecule has 0 spiro atoms. The summed E-state index contributed by atoms with van der Waals surface area (Å²) < 4.78 is 46.2. The second-order valence-electron chi connectivity index (χ2n) is 7.25. The van der Waals surface area contributed by atoms with Gasteiger partial charge in [0.1, 0.15) is 10.7 Å². The van der Waals surface area contributed by atoms with Gasteiger partial charge in [0.2, 0.25) is 10.0 Å². The monoisotopic (exact) mass is 446 g/mol. The zero-order chi connectivity index (χ0) is 22.2. The molecule has 8 nitrogen and oxygen atoms in total. The third-order valence-corrected chi connectivity index (χ3v) is 7.22. The van der Waals surface area contributed by atoms with Crippen molar-refractivity contribution in [2.24, 2.45) is 0 Å². The molecule has 0 aliphatic carbocycles. The Morgan fingerprint density at radius 1 is 0.968 bits per heavy atom. The van der Waals surface area contributed by atoms with Gasteiger partial charge in [-0.25, -0.2) is 22.5 Å². The van der Waals surface area contributed by atoms with E-state index in [4.69, 9.17) is 4.74 Å². The first-order chi connectivity index (χ1) is 14.8. The van der Waals surface area contributed by atoms with E-state index in [2.05, 4.69) is 0 Å². The summed E-state index contributed by atoms with van der Waals surface area (Å²) in [4.78, 5) is 37.3. The predicted octanol–water partition coefficient (Wildman–Crippen LogP) is 2.41. The quantitative estimate of drug-likeness (QED) is 0.517. The SMILES string of the molecule is O=C(OCN1C(=O)c2ccccc2C1=O)c1ccc(F)c(S(=O)(=O)N2CCCCC2)c1. The Balaban J connectivity index is 1.51. The van der Waals surface area contributed by atoms with Crippen molar-refractivity contribution in [2.45, 2.75) is 24.2 Å². The number of carbonyl (C=O) groups excluding carboxylic acids is 3. The summed E-state index contributed by atoms with van der Waals surface area (Å²) in [5.74, 6) is -3.14. The number of nitrogens with zero attached hydrogens (tertiary/aromatic N) is 2. The highest BCUT2D eigenvalue weighted by Crippen LogP contribution is 2.25. The standard InChI is InChI=1S/C21H19FN2O6S/c22-17-9-8-14(12-18(17)31(28,29)23-10-4-1-5-11-23)21(27)30-13-24-19(25)15-6-2-3-7-16(15)20(24)26/h2-3,6-9,12H,1,4-5,10-11,13H2. The van der Waals surface area contributed by atoms with Crippen molar-refractivity contribution in [2.75, 3.05) is 19.8 Å². The number of hydrogen-bond acceptors (Lipinski definition) is 6. The first kappa shape index (κ1) is 21.1. The molecule has 0 atom stereocenters. The molecule has 2 aliphatic heterocycles. The van der Waals surface area contributed by atoms with Crippen LogP contribution < -0.4 is 0 Å². The van der Waals surface area contributed by atoms with E-state index in [0.717, 1.165) is 29.5 Å². The Hall–Kier alpha value is -3.11. The molecule has 31 heavy (non-hydrogen) atoms. The molecule has 2 aromatic carbocycles. The van der Waals surface area contributed by atoms with Gasteiger partial charge in [0, 0.05) is 13.1 Å². The Morgan fingerprint density at radius 2 is 1.58 bits per heavy atom. The van der Waals surface area contributed by atoms with Crippen LogP contribution in [0.2, 0.25) is 0 Å². The summed E-state index contributed by atoms with van der Waals surface area (Å²) in [6, 6.07) is 9.11. The zero-order valence-corrected chi connectivity index (χ0v) is 17.2. The van der Waals surface area contributed by atoms with Crippen LogP contribution in [-0.2, 0) is 14.8 Å². The lowest BCUT2D eigenvalue weighted by Crippen LogP contribution is -2.36. The maximum atomic E-state index is 14.3. The van der Waals surface area contributed by atoms with Gasteiger partial charge in [-0.3, -0.25) is 9.59 Å². The summed E-state index contributed by atoms with van der Waals surface area (Å²) in [5, 5.41) is 0. The molecule has 4 rings (SSSR count). The van der Waals surface area contributed by atoms with Crippen LogP contribution in [-0.4, -0.2) is 55.2 Å². The van der Waals surface area contributed by atoms with E-state index >= 15 is 0 Å². The van der Waals surface area contributed by atoms with Crippen molar-refractivity contribution in [1.82, 2.24) is 9.21 Å². The minimum absolute atomic E-state index is 0.200. The molecule has 2 aromatic rings. The van der Waals surface area contributed by atoms with E-state index in [-0.39, 0.29) is 29.8 Å². The van der Waals surface area contributed by atoms with E-state index in [0.29, 0.717) is 12.8 Å². The highest BCUT2D eigenvalue weighted by atomic mass is 32.2. The topological polar surface area (TPSA) is 101 Å². The second kappa shape index (κ2) is 8.20. The molecule has 2 aliphatic rings. The fraction of sp³-hybridized carbons (Fsp3) is 0.286. The van der Waals surface area contributed by atoms with E-state index in [1.54, 1.807) is 12.1 Å². The van der Waals surface area contributed by atoms with Crippen molar-refractivity contribution in [3.63, 3.8) is 0 Å². The highest BCUT2D eigenvalue weighted by Gasteiger charge is 2.36. The van der Waals surface area contributed by atoms with Gasteiger partial charge < -0.3 is 4.74 Å². The van der Waals surface area contributed by atoms with Gasteiger partial charge in [0.25, 0.3) is 11.8 Å². The number of rotatable bonds is 5. The summed E-state index contributed by atoms with van der Waals surface area (Å²) in [6.45, 7) is -0.0663. The number of piperidine rings is 1. The third-order valence-electron chi connectivity index (χ3n) is 5.30. The molecule has 1 saturated heterocycles. The molecule has 0 radical (unpaired) electrons. The number of benzene rings is 2. The molecule has 1 fully saturated rings. The van der Waals surface area contributed by atoms with Crippen LogP contribution in [0.4, 0.5) is 4.39 Å². The van der Waals surface area contributed by atoms with Gasteiger partial charge in [0.05, 0.1) is 16.7 Å². The summed E-state index contributed by atoms with van der Waals surface area (Å²) >= 11 is 0. The smallest absolute Gasteiger partial charge is 0.339 e. The molecule has 10 heteroatoms. The summed E-state index contributed by atoms with van der Waals surface area (Å²) in [7, 11) is -4.10. The predicted molar refractivity (Wildman–Crippen MR) is 106 cm³/mol. The van der Waals surface area contributed by atoms with Crippen LogP contribution in [0.3, 0.4) is 0 Å². The van der Waals surface area contributed by atoms with Crippen LogP contribution in [0.15, 0.2) is 47.4 Å². The average Bonchev–Trinajstić information content (AvgIpc) is 3.03. The number of fused-ring (bicyclic) bond motifs is 1. The van der Waals surface area contributed by atoms with Crippen molar-refractivity contribution in [3.05, 3.63) is 65.0 Å². The van der Waals surface area contributed by atoms with Crippen LogP contribution in [0, 0.1) is 5.82 Å². The lowest BCUT2D eigenvalue weighted by Gasteiger charge is -2.26. The fourth-order valence-electron chi connectivity index (χ4n) is 3.64. The maximum Gasteiger partial charge on any atom is 0.339 e. The normalized spacial score (nSPS) is 17.0. The fourth-order valence-corrected chi connectivity index (χ4v) is 5.24. The number of ether oxygens (including phenoxy) is 1. The minimum atomic E-state index is -4.10. The molecule has 0 saturated carbocycles. The van der Waals surface area contributed by atoms with Crippen LogP contribution in [0.25, 0.3) is 0 Å². The maximum absolute atomic E-state index is 14.3. The highest BCUT2D eigenvalue weighted by molar-refractivity contribution is 7.89. The van der Waals surface area contributed by atoms with Crippen molar-refractivity contribution in [1.29, 1.82) is 0 Å². The van der Waals surface area contributed by atoms with Gasteiger partial charge >= 0.3 is 5.97 Å². The Bertz CT molecular complexity index is 1140. The van der Waals surface area contributed by atoms with Gasteiger partial charge in [-0.2, -0.15) is 4.31 Å². The van der Waals surface area contributed by atoms with E-state index < -0.39 is 45.3 Å². The Morgan fingerprint density at radius 3 is 2.19 bits per heavy atom. The summed E-state index contributed by atoms with van der Waals surface area (Å²) in [5.41, 5.74) is 0.217. The van der Waals surface area contributed by atoms with E-state index in [9.17, 15) is 27.2 Å². The number of amides is 2. The molecule has 0 unspecified atom stereocenters. The minimum Gasteiger partial charge on any atom is -0.440 e. The molecule has 2 heterocycles. The number of sulfonamides is 1. The van der Waals surface area contributed by atoms with Crippen molar-refractivity contribution in [3.8, 4) is 0 Å². The molecular weight excluding hydrogens is 427 g/mol. The van der Waals surface area contributed by atoms with Gasteiger partial charge in [0.15, 0.2) is 6.73 Å². The molecule has 0 aromatic heterocycles. The van der Waals surface area contributed by atoms with Gasteiger partial charge in [-0.05, 0) is 43.2 Å². The molecule has 0 bridgehead atoms. The lowest BCUT2D eigenvalue weighted by atomic mass is 10.1. The summed E-state index contributed by atoms with van der Waals surface area (Å²) in [6.07, 6.45) is 2.27. The van der Waals surface area contributed by atoms with Crippen LogP contribution >= 0.6 is 0 Å². The number of hydrogen-bond donors (Lipinski definition) is 0. The van der Waals surface area contributed by atoms with Crippen molar-refractivity contribution >= 4 is 27.8 Å². The van der Waals surface area contributed by atoms with E-state index in [1.807, 2.05) is 0 Å². The molecular formula is C21H19FN2O6S. The van der Waals surface area contributed by atoms with Crippen LogP contribution in [0.1, 0.15) is 50.3 Å². The van der Waals surface area contributed by atoms with Crippen LogP contribution in [0.5, 0.6) is 0 Å². The van der Waals surface area contributed by atoms with E-state index in [1.165, 1.54) is 16.4 Å².